The van der Waals surface area contributed by atoms with E-state index in [9.17, 15) is 24.6 Å². The van der Waals surface area contributed by atoms with Crippen LogP contribution in [0.4, 0.5) is 0 Å². The lowest BCUT2D eigenvalue weighted by Gasteiger charge is -2.38. The zero-order chi connectivity index (χ0) is 26.1. The SMILES string of the molecule is C#CCNC(=O)CCC(CCC(=O)NCC#C)(CCC(O)NCC#C)NC(=O)[C@H]1CC[C@H](O)CC1. The van der Waals surface area contributed by atoms with Crippen LogP contribution in [0.15, 0.2) is 0 Å². The van der Waals surface area contributed by atoms with Crippen molar-refractivity contribution in [3.05, 3.63) is 0 Å². The van der Waals surface area contributed by atoms with E-state index < -0.39 is 17.9 Å². The van der Waals surface area contributed by atoms with Crippen molar-refractivity contribution >= 4 is 17.7 Å². The molecule has 0 bridgehead atoms. The Hall–Kier alpha value is -3.03. The summed E-state index contributed by atoms with van der Waals surface area (Å²) in [5.41, 5.74) is -0.938. The summed E-state index contributed by atoms with van der Waals surface area (Å²) in [6.45, 7) is 0.353. The Morgan fingerprint density at radius 3 is 1.86 bits per heavy atom. The third-order valence-electron chi connectivity index (χ3n) is 6.23. The Labute approximate surface area is 208 Å². The van der Waals surface area contributed by atoms with Crippen molar-refractivity contribution < 1.29 is 24.6 Å². The van der Waals surface area contributed by atoms with E-state index >= 15 is 0 Å². The van der Waals surface area contributed by atoms with E-state index in [0.717, 1.165) is 0 Å². The predicted molar refractivity (Wildman–Crippen MR) is 133 cm³/mol. The number of rotatable bonds is 15. The summed E-state index contributed by atoms with van der Waals surface area (Å²) < 4.78 is 0. The van der Waals surface area contributed by atoms with E-state index in [1.807, 2.05) is 0 Å². The Bertz CT molecular complexity index is 781. The Morgan fingerprint density at radius 1 is 0.857 bits per heavy atom. The van der Waals surface area contributed by atoms with Crippen molar-refractivity contribution in [1.29, 1.82) is 0 Å². The zero-order valence-electron chi connectivity index (χ0n) is 20.3. The molecule has 35 heavy (non-hydrogen) atoms. The van der Waals surface area contributed by atoms with Crippen molar-refractivity contribution in [3.63, 3.8) is 0 Å². The summed E-state index contributed by atoms with van der Waals surface area (Å²) in [6.07, 6.45) is 17.7. The van der Waals surface area contributed by atoms with Crippen LogP contribution in [-0.2, 0) is 14.4 Å². The van der Waals surface area contributed by atoms with E-state index in [0.29, 0.717) is 32.1 Å². The highest BCUT2D eigenvalue weighted by atomic mass is 16.3. The summed E-state index contributed by atoms with van der Waals surface area (Å²) in [6, 6.07) is 0. The van der Waals surface area contributed by atoms with Gasteiger partial charge in [-0.2, -0.15) is 0 Å². The molecule has 0 spiro atoms. The molecule has 1 fully saturated rings. The van der Waals surface area contributed by atoms with Crippen molar-refractivity contribution in [2.24, 2.45) is 5.92 Å². The minimum absolute atomic E-state index is 0.0746. The number of carbonyl (C=O) groups is 3. The molecule has 1 rings (SSSR count). The molecule has 0 aromatic heterocycles. The van der Waals surface area contributed by atoms with Crippen molar-refractivity contribution in [2.45, 2.75) is 82.1 Å². The number of terminal acetylenes is 3. The van der Waals surface area contributed by atoms with Gasteiger partial charge < -0.3 is 26.2 Å². The molecule has 1 atom stereocenters. The average Bonchev–Trinajstić information content (AvgIpc) is 2.85. The monoisotopic (exact) mass is 486 g/mol. The van der Waals surface area contributed by atoms with Gasteiger partial charge in [0.15, 0.2) is 0 Å². The van der Waals surface area contributed by atoms with Gasteiger partial charge in [0.1, 0.15) is 6.23 Å². The van der Waals surface area contributed by atoms with Crippen LogP contribution < -0.4 is 21.3 Å². The lowest BCUT2D eigenvalue weighted by Crippen LogP contribution is -2.53. The maximum Gasteiger partial charge on any atom is 0.223 e. The van der Waals surface area contributed by atoms with Crippen LogP contribution in [-0.4, -0.2) is 65.4 Å². The lowest BCUT2D eigenvalue weighted by molar-refractivity contribution is -0.130. The van der Waals surface area contributed by atoms with Gasteiger partial charge in [0, 0.05) is 24.3 Å². The zero-order valence-corrected chi connectivity index (χ0v) is 20.3. The molecule has 1 saturated carbocycles. The first-order valence-corrected chi connectivity index (χ1v) is 12.0. The molecule has 9 nitrogen and oxygen atoms in total. The third kappa shape index (κ3) is 12.3. The maximum atomic E-state index is 13.2. The standard InChI is InChI=1S/C26H38N4O5/c1-4-17-27-22(32)11-14-26(15-12-23(33)28-18-5-2,16-13-24(34)29-19-6-3)30-25(35)20-7-9-21(31)10-8-20/h1-3,20-22,27,31-32H,7-19H2,(H,28,33)(H,29,34)(H,30,35)/t20-,21-,22?. The molecular formula is C26H38N4O5. The molecular weight excluding hydrogens is 448 g/mol. The summed E-state index contributed by atoms with van der Waals surface area (Å²) in [5, 5.41) is 31.2. The van der Waals surface area contributed by atoms with Gasteiger partial charge in [0.05, 0.1) is 25.7 Å². The van der Waals surface area contributed by atoms with Gasteiger partial charge in [0.25, 0.3) is 0 Å². The van der Waals surface area contributed by atoms with E-state index in [2.05, 4.69) is 39.0 Å². The van der Waals surface area contributed by atoms with E-state index in [1.165, 1.54) is 0 Å². The molecule has 1 unspecified atom stereocenters. The molecule has 0 radical (unpaired) electrons. The number of carbonyl (C=O) groups excluding carboxylic acids is 3. The normalized spacial score (nSPS) is 18.3. The lowest BCUT2D eigenvalue weighted by atomic mass is 9.81. The topological polar surface area (TPSA) is 140 Å². The number of amides is 3. The van der Waals surface area contributed by atoms with Gasteiger partial charge in [-0.25, -0.2) is 0 Å². The second-order valence-electron chi connectivity index (χ2n) is 8.88. The summed E-state index contributed by atoms with van der Waals surface area (Å²) in [5.74, 6) is 6.08. The first-order chi connectivity index (χ1) is 16.7. The van der Waals surface area contributed by atoms with E-state index in [4.69, 9.17) is 19.3 Å². The van der Waals surface area contributed by atoms with Crippen LogP contribution in [0.5, 0.6) is 0 Å². The Balaban J connectivity index is 3.06. The van der Waals surface area contributed by atoms with Crippen LogP contribution in [0, 0.1) is 42.9 Å². The highest BCUT2D eigenvalue weighted by Gasteiger charge is 2.36. The van der Waals surface area contributed by atoms with Gasteiger partial charge >= 0.3 is 0 Å². The summed E-state index contributed by atoms with van der Waals surface area (Å²) in [4.78, 5) is 37.8. The fourth-order valence-corrected chi connectivity index (χ4v) is 4.14. The molecule has 0 aromatic rings. The van der Waals surface area contributed by atoms with Crippen LogP contribution >= 0.6 is 0 Å². The second-order valence-corrected chi connectivity index (χ2v) is 8.88. The van der Waals surface area contributed by atoms with Gasteiger partial charge in [-0.3, -0.25) is 19.7 Å². The Kier molecular flexibility index (Phi) is 14.2. The number of aliphatic hydroxyl groups excluding tert-OH is 2. The molecule has 6 N–H and O–H groups in total. The summed E-state index contributed by atoms with van der Waals surface area (Å²) >= 11 is 0. The summed E-state index contributed by atoms with van der Waals surface area (Å²) in [7, 11) is 0. The van der Waals surface area contributed by atoms with Crippen LogP contribution in [0.25, 0.3) is 0 Å². The minimum atomic E-state index is -0.938. The van der Waals surface area contributed by atoms with Crippen LogP contribution in [0.3, 0.4) is 0 Å². The molecule has 0 aromatic carbocycles. The van der Waals surface area contributed by atoms with E-state index in [-0.39, 0.29) is 75.4 Å². The van der Waals surface area contributed by atoms with Crippen molar-refractivity contribution in [1.82, 2.24) is 21.3 Å². The van der Waals surface area contributed by atoms with Crippen molar-refractivity contribution in [2.75, 3.05) is 19.6 Å². The minimum Gasteiger partial charge on any atom is -0.393 e. The quantitative estimate of drug-likeness (QED) is 0.140. The van der Waals surface area contributed by atoms with Gasteiger partial charge in [-0.05, 0) is 51.4 Å². The van der Waals surface area contributed by atoms with Crippen molar-refractivity contribution in [3.8, 4) is 37.0 Å². The molecule has 192 valence electrons. The number of hydrogen-bond acceptors (Lipinski definition) is 6. The number of aliphatic hydroxyl groups is 2. The molecule has 0 saturated heterocycles. The maximum absolute atomic E-state index is 13.2. The molecule has 1 aliphatic carbocycles. The fourth-order valence-electron chi connectivity index (χ4n) is 4.14. The first-order valence-electron chi connectivity index (χ1n) is 12.0. The Morgan fingerprint density at radius 2 is 1.37 bits per heavy atom. The average molecular weight is 487 g/mol. The second kappa shape index (κ2) is 16.6. The highest BCUT2D eigenvalue weighted by molar-refractivity contribution is 5.80. The van der Waals surface area contributed by atoms with Crippen LogP contribution in [0.1, 0.15) is 64.2 Å². The molecule has 1 aliphatic rings. The van der Waals surface area contributed by atoms with E-state index in [1.54, 1.807) is 0 Å². The predicted octanol–water partition coefficient (Wildman–Crippen LogP) is -0.227. The number of hydrogen-bond donors (Lipinski definition) is 6. The first kappa shape index (κ1) is 30.0. The van der Waals surface area contributed by atoms with Gasteiger partial charge in [-0.15, -0.1) is 19.3 Å². The molecule has 9 heteroatoms. The largest absolute Gasteiger partial charge is 0.393 e. The third-order valence-corrected chi connectivity index (χ3v) is 6.23. The van der Waals surface area contributed by atoms with Gasteiger partial charge in [-0.1, -0.05) is 17.8 Å². The van der Waals surface area contributed by atoms with Gasteiger partial charge in [0.2, 0.25) is 17.7 Å². The smallest absolute Gasteiger partial charge is 0.223 e. The molecule has 0 heterocycles. The molecule has 3 amide bonds. The molecule has 0 aliphatic heterocycles. The highest BCUT2D eigenvalue weighted by Crippen LogP contribution is 2.30. The van der Waals surface area contributed by atoms with Crippen LogP contribution in [0.2, 0.25) is 0 Å². The fraction of sp³-hybridized carbons (Fsp3) is 0.654. The number of nitrogens with one attached hydrogen (secondary N) is 4.